The molecule has 4 aromatic rings. The lowest BCUT2D eigenvalue weighted by molar-refractivity contribution is -0.122. The molecule has 8 nitrogen and oxygen atoms in total. The fourth-order valence-corrected chi connectivity index (χ4v) is 7.03. The monoisotopic (exact) mass is 592 g/mol. The summed E-state index contributed by atoms with van der Waals surface area (Å²) < 4.78 is 10.4. The van der Waals surface area contributed by atoms with Gasteiger partial charge < -0.3 is 14.8 Å². The van der Waals surface area contributed by atoms with E-state index in [0.717, 1.165) is 22.3 Å². The minimum atomic E-state index is -0.726. The van der Waals surface area contributed by atoms with Crippen LogP contribution in [0.25, 0.3) is 0 Å². The van der Waals surface area contributed by atoms with Crippen LogP contribution in [-0.4, -0.2) is 37.4 Å². The molecule has 8 rings (SSSR count). The van der Waals surface area contributed by atoms with Crippen molar-refractivity contribution >= 4 is 46.7 Å². The van der Waals surface area contributed by atoms with Crippen molar-refractivity contribution < 1.29 is 28.7 Å². The van der Waals surface area contributed by atoms with Gasteiger partial charge in [-0.25, -0.2) is 9.69 Å². The van der Waals surface area contributed by atoms with Crippen molar-refractivity contribution in [1.29, 1.82) is 0 Å². The van der Waals surface area contributed by atoms with Crippen LogP contribution in [0.1, 0.15) is 44.4 Å². The molecule has 4 aliphatic rings. The maximum absolute atomic E-state index is 13.9. The van der Waals surface area contributed by atoms with Gasteiger partial charge in [-0.3, -0.25) is 14.4 Å². The van der Waals surface area contributed by atoms with Crippen molar-refractivity contribution in [2.75, 3.05) is 23.9 Å². The molecule has 1 N–H and O–H groups in total. The molecule has 214 valence electrons. The van der Waals surface area contributed by atoms with Crippen molar-refractivity contribution in [2.24, 2.45) is 11.8 Å². The molecule has 1 heterocycles. The molecule has 1 aliphatic heterocycles. The third-order valence-electron chi connectivity index (χ3n) is 8.58. The molecule has 0 aromatic heterocycles. The molecule has 43 heavy (non-hydrogen) atoms. The molecule has 2 bridgehead atoms. The average molecular weight is 593 g/mol. The van der Waals surface area contributed by atoms with Crippen LogP contribution in [0.4, 0.5) is 11.4 Å². The van der Waals surface area contributed by atoms with Gasteiger partial charge in [0.05, 0.1) is 35.9 Å². The summed E-state index contributed by atoms with van der Waals surface area (Å²) in [5, 5.41) is 3.01. The molecule has 3 amide bonds. The summed E-state index contributed by atoms with van der Waals surface area (Å²) >= 11 is 6.00. The normalized spacial score (nSPS) is 21.1. The van der Waals surface area contributed by atoms with E-state index in [1.807, 2.05) is 24.3 Å². The Hall–Kier alpha value is -4.95. The molecular formula is C34H25ClN2O6. The number of benzene rings is 4. The molecule has 9 heteroatoms. The summed E-state index contributed by atoms with van der Waals surface area (Å²) in [6, 6.07) is 27.0. The second kappa shape index (κ2) is 10.4. The second-order valence-electron chi connectivity index (χ2n) is 10.8. The number of amides is 3. The molecule has 4 aromatic carbocycles. The first-order chi connectivity index (χ1) is 20.9. The second-order valence-corrected chi connectivity index (χ2v) is 11.2. The number of nitrogens with one attached hydrogen (secondary N) is 1. The molecule has 1 saturated heterocycles. The lowest BCUT2D eigenvalue weighted by Crippen LogP contribution is -2.41. The Morgan fingerprint density at radius 1 is 0.791 bits per heavy atom. The van der Waals surface area contributed by atoms with E-state index >= 15 is 0 Å². The molecule has 1 fully saturated rings. The average Bonchev–Trinajstić information content (AvgIpc) is 3.30. The van der Waals surface area contributed by atoms with Crippen LogP contribution >= 0.6 is 11.6 Å². The van der Waals surface area contributed by atoms with Gasteiger partial charge in [-0.05, 0) is 64.7 Å². The molecule has 0 radical (unpaired) electrons. The van der Waals surface area contributed by atoms with Gasteiger partial charge in [0.1, 0.15) is 5.75 Å². The first kappa shape index (κ1) is 26.9. The van der Waals surface area contributed by atoms with Gasteiger partial charge in [-0.1, -0.05) is 60.1 Å². The van der Waals surface area contributed by atoms with Gasteiger partial charge in [-0.15, -0.1) is 0 Å². The summed E-state index contributed by atoms with van der Waals surface area (Å²) in [6.07, 6.45) is 0. The highest BCUT2D eigenvalue weighted by Crippen LogP contribution is 2.61. The number of halogens is 1. The van der Waals surface area contributed by atoms with Crippen LogP contribution in [0.15, 0.2) is 91.0 Å². The van der Waals surface area contributed by atoms with Crippen molar-refractivity contribution in [3.8, 4) is 5.75 Å². The van der Waals surface area contributed by atoms with Crippen LogP contribution in [0, 0.1) is 11.8 Å². The first-order valence-corrected chi connectivity index (χ1v) is 14.2. The molecule has 0 unspecified atom stereocenters. The summed E-state index contributed by atoms with van der Waals surface area (Å²) in [5.41, 5.74) is 5.32. The van der Waals surface area contributed by atoms with E-state index in [0.29, 0.717) is 22.1 Å². The van der Waals surface area contributed by atoms with Crippen molar-refractivity contribution in [3.63, 3.8) is 0 Å². The smallest absolute Gasteiger partial charge is 0.338 e. The summed E-state index contributed by atoms with van der Waals surface area (Å²) in [6.45, 7) is -0.535. The fourth-order valence-electron chi connectivity index (χ4n) is 6.86. The van der Waals surface area contributed by atoms with E-state index in [-0.39, 0.29) is 29.2 Å². The Labute approximate surface area is 252 Å². The maximum atomic E-state index is 13.9. The summed E-state index contributed by atoms with van der Waals surface area (Å²) in [4.78, 5) is 54.2. The van der Waals surface area contributed by atoms with Crippen LogP contribution in [-0.2, 0) is 19.1 Å². The highest BCUT2D eigenvalue weighted by molar-refractivity contribution is 6.31. The number of rotatable bonds is 6. The van der Waals surface area contributed by atoms with Gasteiger partial charge in [0, 0.05) is 16.9 Å². The van der Waals surface area contributed by atoms with Gasteiger partial charge in [-0.2, -0.15) is 0 Å². The van der Waals surface area contributed by atoms with Crippen LogP contribution < -0.4 is 15.0 Å². The van der Waals surface area contributed by atoms with Gasteiger partial charge in [0.15, 0.2) is 6.61 Å². The maximum Gasteiger partial charge on any atom is 0.338 e. The molecule has 0 saturated carbocycles. The van der Waals surface area contributed by atoms with Crippen molar-refractivity contribution in [1.82, 2.24) is 0 Å². The van der Waals surface area contributed by atoms with Gasteiger partial charge >= 0.3 is 5.97 Å². The lowest BCUT2D eigenvalue weighted by atomic mass is 9.55. The van der Waals surface area contributed by atoms with Gasteiger partial charge in [0.2, 0.25) is 11.8 Å². The summed E-state index contributed by atoms with van der Waals surface area (Å²) in [7, 11) is 1.46. The zero-order valence-electron chi connectivity index (χ0n) is 23.0. The Morgan fingerprint density at radius 2 is 1.33 bits per heavy atom. The number of imide groups is 1. The van der Waals surface area contributed by atoms with E-state index in [1.54, 1.807) is 24.3 Å². The predicted molar refractivity (Wildman–Crippen MR) is 159 cm³/mol. The third-order valence-corrected chi connectivity index (χ3v) is 8.81. The van der Waals surface area contributed by atoms with Crippen molar-refractivity contribution in [2.45, 2.75) is 11.8 Å². The quantitative estimate of drug-likeness (QED) is 0.233. The predicted octanol–water partition coefficient (Wildman–Crippen LogP) is 5.54. The molecule has 0 spiro atoms. The van der Waals surface area contributed by atoms with Gasteiger partial charge in [0.25, 0.3) is 5.91 Å². The lowest BCUT2D eigenvalue weighted by Gasteiger charge is -2.45. The van der Waals surface area contributed by atoms with E-state index in [1.165, 1.54) is 30.2 Å². The highest BCUT2D eigenvalue weighted by Gasteiger charge is 2.61. The summed E-state index contributed by atoms with van der Waals surface area (Å²) in [5.74, 6) is -2.75. The number of hydrogen-bond acceptors (Lipinski definition) is 6. The molecule has 2 atom stereocenters. The molecule has 3 aliphatic carbocycles. The third kappa shape index (κ3) is 4.29. The molecular weight excluding hydrogens is 568 g/mol. The number of carbonyl (C=O) groups excluding carboxylic acids is 4. The van der Waals surface area contributed by atoms with E-state index in [9.17, 15) is 19.2 Å². The number of nitrogens with zero attached hydrogens (tertiary/aromatic N) is 1. The van der Waals surface area contributed by atoms with E-state index < -0.39 is 30.3 Å². The van der Waals surface area contributed by atoms with Crippen LogP contribution in [0.5, 0.6) is 5.75 Å². The Balaban J connectivity index is 1.08. The Kier molecular flexibility index (Phi) is 6.51. The minimum absolute atomic E-state index is 0.174. The zero-order chi connectivity index (χ0) is 29.8. The van der Waals surface area contributed by atoms with Crippen LogP contribution in [0.2, 0.25) is 5.02 Å². The van der Waals surface area contributed by atoms with Crippen LogP contribution in [0.3, 0.4) is 0 Å². The zero-order valence-corrected chi connectivity index (χ0v) is 23.7. The SMILES string of the molecule is COc1ccc(Cl)cc1NC(=O)COC(=O)c1ccc(N2C(=O)[C@H]3C4c5ccccc5C(c5ccccc54)[C@@H]3C2=O)cc1. The standard InChI is InChI=1S/C34H25ClN2O6/c1-42-26-15-12-19(35)16-25(26)36-27(38)17-43-34(41)18-10-13-20(14-11-18)37-32(39)30-28-21-6-2-3-7-22(21)29(31(30)33(37)40)24-9-5-4-8-23(24)28/h2-16,28-31H,17H2,1H3,(H,36,38)/t28?,29?,30-,31-/m0/s1. The number of methoxy groups -OCH3 is 1. The largest absolute Gasteiger partial charge is 0.495 e. The number of carbonyl (C=O) groups is 4. The number of hydrogen-bond donors (Lipinski definition) is 1. The van der Waals surface area contributed by atoms with E-state index in [4.69, 9.17) is 21.1 Å². The van der Waals surface area contributed by atoms with Crippen molar-refractivity contribution in [3.05, 3.63) is 124 Å². The number of anilines is 2. The minimum Gasteiger partial charge on any atom is -0.495 e. The topological polar surface area (TPSA) is 102 Å². The Bertz CT molecular complexity index is 1700. The van der Waals surface area contributed by atoms with E-state index in [2.05, 4.69) is 29.6 Å². The first-order valence-electron chi connectivity index (χ1n) is 13.8. The fraction of sp³-hybridized carbons (Fsp3) is 0.176. The number of ether oxygens (including phenoxy) is 2. The number of esters is 1. The highest BCUT2D eigenvalue weighted by atomic mass is 35.5. The Morgan fingerprint density at radius 3 is 1.84 bits per heavy atom.